The maximum absolute atomic E-state index is 6.52. The molecule has 2 aliphatic rings. The van der Waals surface area contributed by atoms with Crippen LogP contribution in [0.1, 0.15) is 94.0 Å². The van der Waals surface area contributed by atoms with E-state index in [1.165, 1.54) is 48.1 Å². The van der Waals surface area contributed by atoms with E-state index in [1.807, 2.05) is 0 Å². The molecule has 0 saturated heterocycles. The lowest BCUT2D eigenvalue weighted by Crippen LogP contribution is -2.50. The van der Waals surface area contributed by atoms with Gasteiger partial charge in [0.15, 0.2) is 0 Å². The Kier molecular flexibility index (Phi) is 7.93. The molecule has 5 atom stereocenters. The molecule has 5 unspecified atom stereocenters. The van der Waals surface area contributed by atoms with Gasteiger partial charge < -0.3 is 11.1 Å². The predicted octanol–water partition coefficient (Wildman–Crippen LogP) is 7.22. The molecule has 3 N–H and O–H groups in total. The molecule has 0 aromatic heterocycles. The third kappa shape index (κ3) is 5.21. The molecule has 4 rings (SSSR count). The van der Waals surface area contributed by atoms with Crippen LogP contribution in [-0.2, 0) is 11.8 Å². The van der Waals surface area contributed by atoms with Crippen molar-refractivity contribution in [1.29, 1.82) is 0 Å². The van der Waals surface area contributed by atoms with E-state index in [1.54, 1.807) is 22.9 Å². The number of fused-ring (bicyclic) bond motifs is 3. The van der Waals surface area contributed by atoms with Gasteiger partial charge in [0.25, 0.3) is 0 Å². The molecule has 0 aliphatic heterocycles. The van der Waals surface area contributed by atoms with Crippen LogP contribution in [0.4, 0.5) is 0 Å². The van der Waals surface area contributed by atoms with Crippen molar-refractivity contribution >= 4 is 11.8 Å². The van der Waals surface area contributed by atoms with Crippen molar-refractivity contribution in [3.05, 3.63) is 64.7 Å². The Bertz CT molecular complexity index is 921. The van der Waals surface area contributed by atoms with Crippen LogP contribution in [0, 0.1) is 11.8 Å². The minimum Gasteiger partial charge on any atom is -0.324 e. The molecule has 33 heavy (non-hydrogen) atoms. The summed E-state index contributed by atoms with van der Waals surface area (Å²) in [4.78, 5) is 1.30. The maximum atomic E-state index is 6.52. The molecule has 0 spiro atoms. The number of aryl methyl sites for hydroxylation is 1. The summed E-state index contributed by atoms with van der Waals surface area (Å²) in [5.41, 5.74) is 12.9. The van der Waals surface area contributed by atoms with Crippen LogP contribution in [-0.4, -0.2) is 18.8 Å². The van der Waals surface area contributed by atoms with Gasteiger partial charge in [0.1, 0.15) is 0 Å². The van der Waals surface area contributed by atoms with Gasteiger partial charge in [-0.1, -0.05) is 57.5 Å². The Morgan fingerprint density at radius 3 is 2.48 bits per heavy atom. The second-order valence-electron chi connectivity index (χ2n) is 11.1. The normalized spacial score (nSPS) is 26.5. The average molecular weight is 465 g/mol. The molecule has 0 bridgehead atoms. The van der Waals surface area contributed by atoms with Gasteiger partial charge in [-0.25, -0.2) is 0 Å². The molecule has 2 aromatic carbocycles. The molecule has 0 heterocycles. The highest BCUT2D eigenvalue weighted by Gasteiger charge is 2.47. The van der Waals surface area contributed by atoms with Gasteiger partial charge >= 0.3 is 0 Å². The van der Waals surface area contributed by atoms with E-state index in [9.17, 15) is 0 Å². The minimum atomic E-state index is 0.105. The molecule has 2 aliphatic carbocycles. The SMILES string of the molecule is CSc1ccc(C(N)CCNC(C)C2CCCC3(C)c4ccc(C(C)C)cc4CCC23)cc1. The van der Waals surface area contributed by atoms with Crippen LogP contribution < -0.4 is 11.1 Å². The zero-order valence-electron chi connectivity index (χ0n) is 21.4. The lowest BCUT2D eigenvalue weighted by molar-refractivity contribution is 0.0827. The van der Waals surface area contributed by atoms with Crippen molar-refractivity contribution in [3.8, 4) is 0 Å². The van der Waals surface area contributed by atoms with Crippen LogP contribution in [0.3, 0.4) is 0 Å². The van der Waals surface area contributed by atoms with E-state index < -0.39 is 0 Å². The second-order valence-corrected chi connectivity index (χ2v) is 12.0. The number of hydrogen-bond acceptors (Lipinski definition) is 3. The summed E-state index contributed by atoms with van der Waals surface area (Å²) >= 11 is 1.78. The first-order chi connectivity index (χ1) is 15.8. The van der Waals surface area contributed by atoms with E-state index in [-0.39, 0.29) is 6.04 Å². The highest BCUT2D eigenvalue weighted by molar-refractivity contribution is 7.98. The number of benzene rings is 2. The lowest BCUT2D eigenvalue weighted by Gasteiger charge is -2.52. The summed E-state index contributed by atoms with van der Waals surface area (Å²) < 4.78 is 0. The lowest BCUT2D eigenvalue weighted by atomic mass is 9.53. The standard InChI is InChI=1S/C30H44N2S/c1-20(2)23-10-14-27-24(19-23)11-15-28-26(7-6-17-30(27,28)4)21(3)32-18-16-29(31)22-8-12-25(33-5)13-9-22/h8-10,12-14,19-21,26,28-29,32H,6-7,11,15-18,31H2,1-5H3. The Labute approximate surface area is 206 Å². The molecular formula is C30H44N2S. The molecule has 3 heteroatoms. The Morgan fingerprint density at radius 2 is 1.79 bits per heavy atom. The monoisotopic (exact) mass is 464 g/mol. The third-order valence-electron chi connectivity index (χ3n) is 8.81. The van der Waals surface area contributed by atoms with Crippen molar-refractivity contribution in [1.82, 2.24) is 5.32 Å². The summed E-state index contributed by atoms with van der Waals surface area (Å²) in [5.74, 6) is 2.14. The van der Waals surface area contributed by atoms with Gasteiger partial charge in [0, 0.05) is 17.0 Å². The fraction of sp³-hybridized carbons (Fsp3) is 0.600. The highest BCUT2D eigenvalue weighted by Crippen LogP contribution is 2.53. The number of nitrogens with one attached hydrogen (secondary N) is 1. The maximum Gasteiger partial charge on any atom is 0.0307 e. The van der Waals surface area contributed by atoms with Crippen LogP contribution in [0.2, 0.25) is 0 Å². The van der Waals surface area contributed by atoms with Gasteiger partial charge in [-0.15, -0.1) is 11.8 Å². The van der Waals surface area contributed by atoms with E-state index >= 15 is 0 Å². The fourth-order valence-electron chi connectivity index (χ4n) is 6.71. The summed E-state index contributed by atoms with van der Waals surface area (Å²) in [6.07, 6.45) is 9.72. The van der Waals surface area contributed by atoms with Crippen LogP contribution in [0.25, 0.3) is 0 Å². The Hall–Kier alpha value is -1.29. The van der Waals surface area contributed by atoms with E-state index in [2.05, 4.69) is 81.7 Å². The predicted molar refractivity (Wildman–Crippen MR) is 144 cm³/mol. The molecule has 180 valence electrons. The first-order valence-corrected chi connectivity index (χ1v) is 14.3. The first kappa shape index (κ1) is 24.8. The molecule has 1 fully saturated rings. The van der Waals surface area contributed by atoms with E-state index in [0.29, 0.717) is 17.4 Å². The zero-order valence-corrected chi connectivity index (χ0v) is 22.2. The van der Waals surface area contributed by atoms with Gasteiger partial charge in [-0.2, -0.15) is 0 Å². The van der Waals surface area contributed by atoms with Gasteiger partial charge in [-0.05, 0) is 109 Å². The molecule has 2 nitrogen and oxygen atoms in total. The van der Waals surface area contributed by atoms with Gasteiger partial charge in [0.05, 0.1) is 0 Å². The van der Waals surface area contributed by atoms with Gasteiger partial charge in [0.2, 0.25) is 0 Å². The number of nitrogens with two attached hydrogens (primary N) is 1. The third-order valence-corrected chi connectivity index (χ3v) is 9.56. The van der Waals surface area contributed by atoms with E-state index in [4.69, 9.17) is 5.73 Å². The van der Waals surface area contributed by atoms with Crippen molar-refractivity contribution in [2.75, 3.05) is 12.8 Å². The average Bonchev–Trinajstić information content (AvgIpc) is 2.82. The van der Waals surface area contributed by atoms with Crippen LogP contribution in [0.15, 0.2) is 47.4 Å². The molecule has 0 radical (unpaired) electrons. The van der Waals surface area contributed by atoms with Crippen LogP contribution in [0.5, 0.6) is 0 Å². The summed E-state index contributed by atoms with van der Waals surface area (Å²) in [7, 11) is 0. The fourth-order valence-corrected chi connectivity index (χ4v) is 7.12. The van der Waals surface area contributed by atoms with Crippen molar-refractivity contribution < 1.29 is 0 Å². The smallest absolute Gasteiger partial charge is 0.0307 e. The van der Waals surface area contributed by atoms with Crippen LogP contribution >= 0.6 is 11.8 Å². The summed E-state index contributed by atoms with van der Waals surface area (Å²) in [5, 5.41) is 3.89. The number of rotatable bonds is 8. The number of thioether (sulfide) groups is 1. The Balaban J connectivity index is 1.39. The van der Waals surface area contributed by atoms with Crippen molar-refractivity contribution in [3.63, 3.8) is 0 Å². The molecule has 1 saturated carbocycles. The Morgan fingerprint density at radius 1 is 1.06 bits per heavy atom. The minimum absolute atomic E-state index is 0.105. The molecular weight excluding hydrogens is 420 g/mol. The number of hydrogen-bond donors (Lipinski definition) is 2. The molecule has 2 aromatic rings. The van der Waals surface area contributed by atoms with E-state index in [0.717, 1.165) is 24.8 Å². The van der Waals surface area contributed by atoms with Crippen molar-refractivity contribution in [2.24, 2.45) is 17.6 Å². The first-order valence-electron chi connectivity index (χ1n) is 13.1. The summed E-state index contributed by atoms with van der Waals surface area (Å²) in [6.45, 7) is 10.6. The second kappa shape index (κ2) is 10.5. The summed E-state index contributed by atoms with van der Waals surface area (Å²) in [6, 6.07) is 16.8. The quantitative estimate of drug-likeness (QED) is 0.405. The highest BCUT2D eigenvalue weighted by atomic mass is 32.2. The molecule has 0 amide bonds. The zero-order chi connectivity index (χ0) is 23.6. The van der Waals surface area contributed by atoms with Gasteiger partial charge in [-0.3, -0.25) is 0 Å². The van der Waals surface area contributed by atoms with Crippen molar-refractivity contribution in [2.45, 2.75) is 94.5 Å². The largest absolute Gasteiger partial charge is 0.324 e. The topological polar surface area (TPSA) is 38.0 Å².